The Bertz CT molecular complexity index is 1840. The molecule has 4 aromatic rings. The third-order valence-electron chi connectivity index (χ3n) is 9.05. The van der Waals surface area contributed by atoms with Crippen molar-refractivity contribution >= 4 is 11.6 Å². The highest BCUT2D eigenvalue weighted by Gasteiger charge is 2.33. The summed E-state index contributed by atoms with van der Waals surface area (Å²) >= 11 is 0. The fraction of sp³-hybridized carbons (Fsp3) is 0.364. The Morgan fingerprint density at radius 1 is 0.978 bits per heavy atom. The van der Waals surface area contributed by atoms with Gasteiger partial charge in [-0.05, 0) is 74.8 Å². The van der Waals surface area contributed by atoms with Crippen molar-refractivity contribution in [3.05, 3.63) is 105 Å². The molecule has 1 aliphatic carbocycles. The molecule has 2 fully saturated rings. The Morgan fingerprint density at radius 3 is 2.42 bits per heavy atom. The number of carbonyl (C=O) groups is 1. The molecule has 0 atom stereocenters. The molecule has 4 heterocycles. The Morgan fingerprint density at radius 2 is 1.71 bits per heavy atom. The molecule has 12 heteroatoms. The van der Waals surface area contributed by atoms with Gasteiger partial charge in [-0.25, -0.2) is 23.7 Å². The van der Waals surface area contributed by atoms with Gasteiger partial charge in [-0.3, -0.25) is 19.1 Å². The zero-order valence-electron chi connectivity index (χ0n) is 25.0. The highest BCUT2D eigenvalue weighted by atomic mass is 19.1. The average Bonchev–Trinajstić information content (AvgIpc) is 3.56. The normalized spacial score (nSPS) is 17.6. The van der Waals surface area contributed by atoms with Crippen molar-refractivity contribution in [2.24, 2.45) is 0 Å². The fourth-order valence-electron chi connectivity index (χ4n) is 6.55. The summed E-state index contributed by atoms with van der Waals surface area (Å²) in [6.07, 6.45) is 7.15. The van der Waals surface area contributed by atoms with Crippen LogP contribution >= 0.6 is 0 Å². The number of hydrogen-bond donors (Lipinski definition) is 1. The summed E-state index contributed by atoms with van der Waals surface area (Å²) < 4.78 is 22.2. The van der Waals surface area contributed by atoms with Gasteiger partial charge >= 0.3 is 5.69 Å². The largest absolute Gasteiger partial charge is 0.439 e. The van der Waals surface area contributed by atoms with E-state index in [0.717, 1.165) is 74.1 Å². The monoisotopic (exact) mass is 611 g/mol. The molecule has 0 unspecified atom stereocenters. The molecule has 1 saturated heterocycles. The topological polar surface area (TPSA) is 115 Å². The standard InChI is InChI=1S/C33H34FN7O4/c1-38-16-25(17-38)39-15-14-27-29(19-39)35-20-36-31(27)45-26-12-8-22(9-13-26)37-30(42)28-18-40(23-4-2-3-5-23)33(44)41(32(28)43)24-10-6-21(34)7-11-24/h6-13,18,20,23,25H,2-5,14-17,19H2,1H3,(H,37,42). The molecule has 0 bridgehead atoms. The maximum Gasteiger partial charge on any atom is 0.335 e. The molecule has 0 spiro atoms. The number of ether oxygens (including phenoxy) is 1. The van der Waals surface area contributed by atoms with E-state index in [4.69, 9.17) is 4.74 Å². The first-order valence-corrected chi connectivity index (χ1v) is 15.3. The van der Waals surface area contributed by atoms with Gasteiger partial charge in [0.2, 0.25) is 5.88 Å². The zero-order chi connectivity index (χ0) is 31.1. The molecule has 1 saturated carbocycles. The lowest BCUT2D eigenvalue weighted by Crippen LogP contribution is -2.58. The number of nitrogens with one attached hydrogen (secondary N) is 1. The van der Waals surface area contributed by atoms with Gasteiger partial charge in [-0.2, -0.15) is 0 Å². The van der Waals surface area contributed by atoms with E-state index in [1.807, 2.05) is 0 Å². The number of hydrogen-bond acceptors (Lipinski definition) is 8. The predicted octanol–water partition coefficient (Wildman–Crippen LogP) is 3.76. The van der Waals surface area contributed by atoms with Crippen LogP contribution in [0.3, 0.4) is 0 Å². The van der Waals surface area contributed by atoms with E-state index in [9.17, 15) is 18.8 Å². The number of fused-ring (bicyclic) bond motifs is 1. The zero-order valence-corrected chi connectivity index (χ0v) is 25.0. The molecule has 11 nitrogen and oxygen atoms in total. The Hall–Kier alpha value is -4.68. The van der Waals surface area contributed by atoms with Crippen LogP contribution in [0.1, 0.15) is 53.3 Å². The van der Waals surface area contributed by atoms with E-state index in [0.29, 0.717) is 23.4 Å². The van der Waals surface area contributed by atoms with E-state index >= 15 is 0 Å². The maximum absolute atomic E-state index is 13.6. The van der Waals surface area contributed by atoms with Gasteiger partial charge < -0.3 is 15.0 Å². The number of halogens is 1. The maximum atomic E-state index is 13.6. The Balaban J connectivity index is 1.10. The summed E-state index contributed by atoms with van der Waals surface area (Å²) in [5.41, 5.74) is 1.14. The summed E-state index contributed by atoms with van der Waals surface area (Å²) in [5.74, 6) is -0.0703. The molecule has 2 aromatic carbocycles. The van der Waals surface area contributed by atoms with E-state index in [2.05, 4.69) is 32.1 Å². The highest BCUT2D eigenvalue weighted by Crippen LogP contribution is 2.31. The quantitative estimate of drug-likeness (QED) is 0.336. The molecule has 2 aromatic heterocycles. The van der Waals surface area contributed by atoms with Crippen molar-refractivity contribution in [1.29, 1.82) is 0 Å². The smallest absolute Gasteiger partial charge is 0.335 e. The highest BCUT2D eigenvalue weighted by molar-refractivity contribution is 6.03. The Kier molecular flexibility index (Phi) is 7.76. The van der Waals surface area contributed by atoms with Crippen LogP contribution in [0, 0.1) is 5.82 Å². The number of rotatable bonds is 7. The number of likely N-dealkylation sites (N-methyl/N-ethyl adjacent to an activating group) is 1. The lowest BCUT2D eigenvalue weighted by Gasteiger charge is -2.45. The first-order chi connectivity index (χ1) is 21.8. The first kappa shape index (κ1) is 29.1. The van der Waals surface area contributed by atoms with Gasteiger partial charge in [0.1, 0.15) is 23.5 Å². The average molecular weight is 612 g/mol. The van der Waals surface area contributed by atoms with Gasteiger partial charge in [0.25, 0.3) is 11.5 Å². The third kappa shape index (κ3) is 5.78. The second-order valence-electron chi connectivity index (χ2n) is 12.1. The molecule has 0 radical (unpaired) electrons. The van der Waals surface area contributed by atoms with Crippen molar-refractivity contribution in [1.82, 2.24) is 28.9 Å². The first-order valence-electron chi connectivity index (χ1n) is 15.3. The van der Waals surface area contributed by atoms with Crippen molar-refractivity contribution in [2.45, 2.75) is 50.7 Å². The van der Waals surface area contributed by atoms with Gasteiger partial charge in [-0.1, -0.05) is 12.8 Å². The van der Waals surface area contributed by atoms with Crippen molar-refractivity contribution in [3.63, 3.8) is 0 Å². The summed E-state index contributed by atoms with van der Waals surface area (Å²) in [6.45, 7) is 3.84. The van der Waals surface area contributed by atoms with E-state index in [1.54, 1.807) is 24.3 Å². The fourth-order valence-corrected chi connectivity index (χ4v) is 6.55. The van der Waals surface area contributed by atoms with Crippen LogP contribution in [0.4, 0.5) is 10.1 Å². The number of carbonyl (C=O) groups excluding carboxylic acids is 1. The third-order valence-corrected chi connectivity index (χ3v) is 9.05. The molecular formula is C33H34FN7O4. The number of benzene rings is 2. The number of aromatic nitrogens is 4. The van der Waals surface area contributed by atoms with Crippen LogP contribution in [-0.2, 0) is 13.0 Å². The van der Waals surface area contributed by atoms with Gasteiger partial charge in [0, 0.05) is 55.7 Å². The SMILES string of the molecule is CN1CC(N2CCc3c(ncnc3Oc3ccc(NC(=O)c4cn(C5CCCC5)c(=O)n(-c5ccc(F)cc5)c4=O)cc3)C2)C1. The van der Waals surface area contributed by atoms with Crippen molar-refractivity contribution in [3.8, 4) is 17.3 Å². The van der Waals surface area contributed by atoms with Crippen molar-refractivity contribution < 1.29 is 13.9 Å². The summed E-state index contributed by atoms with van der Waals surface area (Å²) in [4.78, 5) is 54.1. The van der Waals surface area contributed by atoms with Crippen molar-refractivity contribution in [2.75, 3.05) is 32.0 Å². The molecule has 7 rings (SSSR count). The predicted molar refractivity (Wildman–Crippen MR) is 166 cm³/mol. The number of anilines is 1. The van der Waals surface area contributed by atoms with Gasteiger partial charge in [0.05, 0.1) is 11.4 Å². The second kappa shape index (κ2) is 12.0. The molecular weight excluding hydrogens is 577 g/mol. The molecule has 1 N–H and O–H groups in total. The minimum atomic E-state index is -0.769. The van der Waals surface area contributed by atoms with Crippen LogP contribution in [0.15, 0.2) is 70.6 Å². The minimum Gasteiger partial charge on any atom is -0.439 e. The minimum absolute atomic E-state index is 0.122. The Labute approximate surface area is 258 Å². The number of amides is 1. The molecule has 3 aliphatic rings. The summed E-state index contributed by atoms with van der Waals surface area (Å²) in [7, 11) is 2.13. The van der Waals surface area contributed by atoms with Crippen LogP contribution in [0.2, 0.25) is 0 Å². The van der Waals surface area contributed by atoms with E-state index in [1.165, 1.54) is 41.4 Å². The van der Waals surface area contributed by atoms with Crippen LogP contribution in [0.25, 0.3) is 5.69 Å². The van der Waals surface area contributed by atoms with Crippen LogP contribution in [0.5, 0.6) is 11.6 Å². The second-order valence-corrected chi connectivity index (χ2v) is 12.1. The molecule has 45 heavy (non-hydrogen) atoms. The van der Waals surface area contributed by atoms with Gasteiger partial charge in [0.15, 0.2) is 0 Å². The van der Waals surface area contributed by atoms with Crippen LogP contribution in [-0.4, -0.2) is 67.5 Å². The lowest BCUT2D eigenvalue weighted by atomic mass is 10.0. The molecule has 2 aliphatic heterocycles. The lowest BCUT2D eigenvalue weighted by molar-refractivity contribution is 0.0420. The number of nitrogens with zero attached hydrogens (tertiary/aromatic N) is 6. The molecule has 232 valence electrons. The van der Waals surface area contributed by atoms with E-state index in [-0.39, 0.29) is 17.3 Å². The van der Waals surface area contributed by atoms with Gasteiger partial charge in [-0.15, -0.1) is 0 Å². The molecule has 1 amide bonds. The summed E-state index contributed by atoms with van der Waals surface area (Å²) in [6, 6.07) is 12.3. The number of likely N-dealkylation sites (tertiary alicyclic amines) is 1. The summed E-state index contributed by atoms with van der Waals surface area (Å²) in [5, 5.41) is 2.78. The van der Waals surface area contributed by atoms with Crippen LogP contribution < -0.4 is 21.3 Å². The van der Waals surface area contributed by atoms with E-state index < -0.39 is 23.0 Å².